The summed E-state index contributed by atoms with van der Waals surface area (Å²) in [6.45, 7) is -2.98. The molecule has 102 valence electrons. The van der Waals surface area contributed by atoms with E-state index < -0.39 is 45.6 Å². The van der Waals surface area contributed by atoms with Gasteiger partial charge in [-0.05, 0) is 18.2 Å². The van der Waals surface area contributed by atoms with Crippen molar-refractivity contribution in [2.45, 2.75) is 10.8 Å². The molecule has 0 aliphatic carbocycles. The second-order valence-corrected chi connectivity index (χ2v) is 5.15. The fourth-order valence-corrected chi connectivity index (χ4v) is 2.17. The summed E-state index contributed by atoms with van der Waals surface area (Å²) in [4.78, 5) is -1.07. The Morgan fingerprint density at radius 2 is 1.89 bits per heavy atom. The molecular weight excluding hydrogens is 278 g/mol. The molecule has 0 aliphatic heterocycles. The molecule has 0 aromatic heterocycles. The molecule has 1 aromatic rings. The van der Waals surface area contributed by atoms with Gasteiger partial charge in [0.05, 0.1) is 6.54 Å². The molecule has 0 fully saturated rings. The maximum Gasteiger partial charge on any atom is 0.283 e. The van der Waals surface area contributed by atoms with Gasteiger partial charge in [0.15, 0.2) is 0 Å². The zero-order chi connectivity index (χ0) is 14.0. The van der Waals surface area contributed by atoms with Crippen molar-refractivity contribution in [2.24, 2.45) is 0 Å². The van der Waals surface area contributed by atoms with E-state index >= 15 is 0 Å². The molecule has 4 nitrogen and oxygen atoms in total. The highest BCUT2D eigenvalue weighted by molar-refractivity contribution is 7.89. The van der Waals surface area contributed by atoms with Crippen LogP contribution < -0.4 is 4.72 Å². The number of hydrogen-bond acceptors (Lipinski definition) is 3. The highest BCUT2D eigenvalue weighted by atomic mass is 32.2. The lowest BCUT2D eigenvalue weighted by atomic mass is 10.3. The first-order chi connectivity index (χ1) is 8.18. The smallest absolute Gasteiger partial charge is 0.283 e. The minimum Gasteiger partial charge on any atom is -0.390 e. The average Bonchev–Trinajstić information content (AvgIpc) is 2.30. The summed E-state index contributed by atoms with van der Waals surface area (Å²) < 4.78 is 75.4. The van der Waals surface area contributed by atoms with Crippen LogP contribution >= 0.6 is 0 Å². The van der Waals surface area contributed by atoms with Gasteiger partial charge in [-0.2, -0.15) is 0 Å². The van der Waals surface area contributed by atoms with E-state index in [0.29, 0.717) is 18.2 Å². The average molecular weight is 287 g/mol. The number of nitrogens with one attached hydrogen (secondary N) is 1. The van der Waals surface area contributed by atoms with Gasteiger partial charge in [0, 0.05) is 0 Å². The third kappa shape index (κ3) is 3.65. The van der Waals surface area contributed by atoms with E-state index in [2.05, 4.69) is 0 Å². The van der Waals surface area contributed by atoms with E-state index in [-0.39, 0.29) is 0 Å². The Hall–Kier alpha value is -1.19. The first-order valence-corrected chi connectivity index (χ1v) is 6.10. The molecular formula is C9H9F4NO3S. The van der Waals surface area contributed by atoms with Crippen molar-refractivity contribution in [2.75, 3.05) is 13.2 Å². The van der Waals surface area contributed by atoms with Crippen molar-refractivity contribution in [1.29, 1.82) is 0 Å². The molecule has 0 heterocycles. The van der Waals surface area contributed by atoms with Crippen LogP contribution in [0.4, 0.5) is 17.6 Å². The van der Waals surface area contributed by atoms with Crippen molar-refractivity contribution in [3.05, 3.63) is 29.8 Å². The molecule has 18 heavy (non-hydrogen) atoms. The van der Waals surface area contributed by atoms with Crippen LogP contribution in [0.5, 0.6) is 0 Å². The number of aliphatic hydroxyl groups excluding tert-OH is 1. The number of hydrogen-bond donors (Lipinski definition) is 2. The molecule has 1 rings (SSSR count). The van der Waals surface area contributed by atoms with E-state index in [4.69, 9.17) is 5.11 Å². The fourth-order valence-electron chi connectivity index (χ4n) is 1.02. The normalized spacial score (nSPS) is 12.7. The van der Waals surface area contributed by atoms with Crippen molar-refractivity contribution in [3.63, 3.8) is 0 Å². The van der Waals surface area contributed by atoms with E-state index in [9.17, 15) is 26.0 Å². The van der Waals surface area contributed by atoms with Gasteiger partial charge in [0.25, 0.3) is 5.92 Å². The quantitative estimate of drug-likeness (QED) is 0.790. The van der Waals surface area contributed by atoms with E-state index in [1.807, 2.05) is 0 Å². The van der Waals surface area contributed by atoms with Gasteiger partial charge >= 0.3 is 0 Å². The Morgan fingerprint density at radius 1 is 1.28 bits per heavy atom. The van der Waals surface area contributed by atoms with Gasteiger partial charge in [-0.15, -0.1) is 0 Å². The molecule has 2 N–H and O–H groups in total. The van der Waals surface area contributed by atoms with Crippen LogP contribution in [0.15, 0.2) is 23.1 Å². The van der Waals surface area contributed by atoms with Gasteiger partial charge in [-0.25, -0.2) is 30.7 Å². The molecule has 9 heteroatoms. The molecule has 0 saturated carbocycles. The fraction of sp³-hybridized carbons (Fsp3) is 0.333. The van der Waals surface area contributed by atoms with Crippen LogP contribution in [-0.4, -0.2) is 32.6 Å². The molecule has 0 atom stereocenters. The van der Waals surface area contributed by atoms with Gasteiger partial charge in [0.1, 0.15) is 23.1 Å². The summed E-state index contributed by atoms with van der Waals surface area (Å²) >= 11 is 0. The molecule has 0 radical (unpaired) electrons. The lowest BCUT2D eigenvalue weighted by Crippen LogP contribution is -2.39. The maximum atomic E-state index is 13.1. The standard InChI is InChI=1S/C9H9F4NO3S/c10-6-1-2-7(11)8(3-6)18(16,17)14-4-9(12,13)5-15/h1-3,14-15H,4-5H2. The van der Waals surface area contributed by atoms with Crippen LogP contribution in [0.3, 0.4) is 0 Å². The van der Waals surface area contributed by atoms with Crippen LogP contribution in [0.25, 0.3) is 0 Å². The van der Waals surface area contributed by atoms with Crippen molar-refractivity contribution >= 4 is 10.0 Å². The van der Waals surface area contributed by atoms with Crippen LogP contribution in [0, 0.1) is 11.6 Å². The zero-order valence-corrected chi connectivity index (χ0v) is 9.65. The molecule has 0 aliphatic rings. The summed E-state index contributed by atoms with van der Waals surface area (Å²) in [5.74, 6) is -5.97. The van der Waals surface area contributed by atoms with Gasteiger partial charge in [-0.1, -0.05) is 0 Å². The lowest BCUT2D eigenvalue weighted by Gasteiger charge is -2.14. The topological polar surface area (TPSA) is 66.4 Å². The largest absolute Gasteiger partial charge is 0.390 e. The van der Waals surface area contributed by atoms with Gasteiger partial charge in [-0.3, -0.25) is 0 Å². The van der Waals surface area contributed by atoms with Crippen molar-refractivity contribution in [3.8, 4) is 0 Å². The summed E-state index contributed by atoms with van der Waals surface area (Å²) in [6, 6.07) is 1.62. The van der Waals surface area contributed by atoms with E-state index in [1.54, 1.807) is 0 Å². The predicted octanol–water partition coefficient (Wildman–Crippen LogP) is 0.871. The predicted molar refractivity (Wildman–Crippen MR) is 53.6 cm³/mol. The number of rotatable bonds is 5. The molecule has 0 bridgehead atoms. The second kappa shape index (κ2) is 5.21. The molecule has 0 spiro atoms. The number of aliphatic hydroxyl groups is 1. The summed E-state index contributed by atoms with van der Waals surface area (Å²) in [7, 11) is -4.61. The summed E-state index contributed by atoms with van der Waals surface area (Å²) in [6.07, 6.45) is 0. The van der Waals surface area contributed by atoms with E-state index in [0.717, 1.165) is 0 Å². The van der Waals surface area contributed by atoms with Crippen LogP contribution in [0.1, 0.15) is 0 Å². The van der Waals surface area contributed by atoms with Gasteiger partial charge in [0.2, 0.25) is 10.0 Å². The molecule has 0 unspecified atom stereocenters. The maximum absolute atomic E-state index is 13.1. The Morgan fingerprint density at radius 3 is 2.44 bits per heavy atom. The van der Waals surface area contributed by atoms with Crippen LogP contribution in [0.2, 0.25) is 0 Å². The third-order valence-corrected chi connectivity index (χ3v) is 3.35. The lowest BCUT2D eigenvalue weighted by molar-refractivity contribution is -0.0437. The monoisotopic (exact) mass is 287 g/mol. The second-order valence-electron chi connectivity index (χ2n) is 3.41. The third-order valence-electron chi connectivity index (χ3n) is 1.93. The van der Waals surface area contributed by atoms with E-state index in [1.165, 1.54) is 4.72 Å². The Kier molecular flexibility index (Phi) is 4.30. The number of halogens is 4. The van der Waals surface area contributed by atoms with Gasteiger partial charge < -0.3 is 5.11 Å². The SMILES string of the molecule is O=S(=O)(NCC(F)(F)CO)c1cc(F)ccc1F. The first-order valence-electron chi connectivity index (χ1n) is 4.61. The molecule has 0 amide bonds. The Labute approximate surface area is 100 Å². The highest BCUT2D eigenvalue weighted by Gasteiger charge is 2.31. The minimum absolute atomic E-state index is 0.370. The highest BCUT2D eigenvalue weighted by Crippen LogP contribution is 2.17. The summed E-state index contributed by atoms with van der Waals surface area (Å²) in [5, 5.41) is 8.24. The minimum atomic E-state index is -4.61. The first kappa shape index (κ1) is 14.9. The van der Waals surface area contributed by atoms with Crippen molar-refractivity contribution in [1.82, 2.24) is 4.72 Å². The zero-order valence-electron chi connectivity index (χ0n) is 8.83. The Bertz CT molecular complexity index is 533. The molecule has 1 aromatic carbocycles. The van der Waals surface area contributed by atoms with Crippen molar-refractivity contribution < 1.29 is 31.1 Å². The number of alkyl halides is 2. The summed E-state index contributed by atoms with van der Waals surface area (Å²) in [5.41, 5.74) is 0. The Balaban J connectivity index is 2.97. The van der Waals surface area contributed by atoms with Crippen LogP contribution in [-0.2, 0) is 10.0 Å². The number of benzene rings is 1. The molecule has 0 saturated heterocycles. The number of sulfonamides is 1.